The first-order chi connectivity index (χ1) is 12.6. The summed E-state index contributed by atoms with van der Waals surface area (Å²) in [7, 11) is 1.80. The number of hydrogen-bond donors (Lipinski definition) is 1. The van der Waals surface area contributed by atoms with Crippen molar-refractivity contribution in [1.29, 1.82) is 0 Å². The number of nitrogens with one attached hydrogen (secondary N) is 1. The second-order valence-corrected chi connectivity index (χ2v) is 6.52. The largest absolute Gasteiger partial charge is 0.352 e. The lowest BCUT2D eigenvalue weighted by molar-refractivity contribution is -0.127. The molecular formula is C19H19N5O2. The van der Waals surface area contributed by atoms with Crippen LogP contribution in [0.15, 0.2) is 55.2 Å². The molecule has 132 valence electrons. The van der Waals surface area contributed by atoms with Gasteiger partial charge in [-0.2, -0.15) is 0 Å². The second kappa shape index (κ2) is 6.59. The molecule has 2 atom stereocenters. The zero-order valence-corrected chi connectivity index (χ0v) is 14.4. The summed E-state index contributed by atoms with van der Waals surface area (Å²) >= 11 is 0. The van der Waals surface area contributed by atoms with Crippen molar-refractivity contribution in [2.75, 3.05) is 13.6 Å². The molecule has 0 unspecified atom stereocenters. The Labute approximate surface area is 150 Å². The van der Waals surface area contributed by atoms with E-state index in [2.05, 4.69) is 15.3 Å². The van der Waals surface area contributed by atoms with E-state index in [-0.39, 0.29) is 23.8 Å². The number of carbonyl (C=O) groups is 2. The molecule has 1 N–H and O–H groups in total. The van der Waals surface area contributed by atoms with Crippen molar-refractivity contribution in [1.82, 2.24) is 24.6 Å². The number of amides is 2. The number of likely N-dealkylation sites (tertiary alicyclic amines) is 1. The molecule has 0 aromatic carbocycles. The van der Waals surface area contributed by atoms with Crippen LogP contribution in [0.25, 0.3) is 5.65 Å². The van der Waals surface area contributed by atoms with Gasteiger partial charge in [0.1, 0.15) is 5.65 Å². The molecule has 7 nitrogen and oxygen atoms in total. The third-order valence-corrected chi connectivity index (χ3v) is 4.90. The molecule has 1 saturated heterocycles. The lowest BCUT2D eigenvalue weighted by atomic mass is 9.94. The van der Waals surface area contributed by atoms with Gasteiger partial charge in [0.2, 0.25) is 5.91 Å². The van der Waals surface area contributed by atoms with Gasteiger partial charge in [-0.05, 0) is 23.8 Å². The minimum absolute atomic E-state index is 0.0117. The van der Waals surface area contributed by atoms with Gasteiger partial charge in [0.25, 0.3) is 5.91 Å². The highest BCUT2D eigenvalue weighted by Crippen LogP contribution is 2.36. The van der Waals surface area contributed by atoms with E-state index in [9.17, 15) is 9.59 Å². The number of hydrogen-bond acceptors (Lipinski definition) is 4. The minimum atomic E-state index is -0.160. The van der Waals surface area contributed by atoms with Gasteiger partial charge in [0.15, 0.2) is 0 Å². The number of nitrogens with zero attached hydrogens (tertiary/aromatic N) is 4. The second-order valence-electron chi connectivity index (χ2n) is 6.52. The first-order valence-electron chi connectivity index (χ1n) is 8.50. The Bertz CT molecular complexity index is 953. The normalized spacial score (nSPS) is 19.9. The van der Waals surface area contributed by atoms with E-state index < -0.39 is 0 Å². The summed E-state index contributed by atoms with van der Waals surface area (Å²) in [5.74, 6) is -0.0666. The molecule has 3 aromatic heterocycles. The summed E-state index contributed by atoms with van der Waals surface area (Å²) in [4.78, 5) is 34.8. The average Bonchev–Trinajstić information content (AvgIpc) is 3.24. The molecule has 0 spiro atoms. The fraction of sp³-hybridized carbons (Fsp3) is 0.263. The van der Waals surface area contributed by atoms with Crippen molar-refractivity contribution in [2.45, 2.75) is 12.5 Å². The lowest BCUT2D eigenvalue weighted by Crippen LogP contribution is -2.32. The van der Waals surface area contributed by atoms with Crippen LogP contribution < -0.4 is 5.32 Å². The molecule has 0 aliphatic carbocycles. The van der Waals surface area contributed by atoms with Crippen LogP contribution in [0.4, 0.5) is 0 Å². The van der Waals surface area contributed by atoms with E-state index >= 15 is 0 Å². The van der Waals surface area contributed by atoms with Crippen LogP contribution in [0.1, 0.15) is 28.4 Å². The summed E-state index contributed by atoms with van der Waals surface area (Å²) in [6.45, 7) is 0.427. The molecule has 1 aliphatic heterocycles. The van der Waals surface area contributed by atoms with E-state index in [0.29, 0.717) is 18.5 Å². The molecule has 1 fully saturated rings. The highest BCUT2D eigenvalue weighted by molar-refractivity contribution is 5.94. The molecule has 4 heterocycles. The van der Waals surface area contributed by atoms with Crippen molar-refractivity contribution in [3.63, 3.8) is 0 Å². The van der Waals surface area contributed by atoms with E-state index in [4.69, 9.17) is 0 Å². The number of imidazole rings is 1. The van der Waals surface area contributed by atoms with Gasteiger partial charge in [-0.3, -0.25) is 14.6 Å². The number of pyridine rings is 2. The number of aromatic nitrogens is 3. The summed E-state index contributed by atoms with van der Waals surface area (Å²) in [6, 6.07) is 7.31. The van der Waals surface area contributed by atoms with Gasteiger partial charge in [0.05, 0.1) is 11.6 Å². The number of carbonyl (C=O) groups excluding carboxylic acids is 2. The number of fused-ring (bicyclic) bond motifs is 1. The zero-order chi connectivity index (χ0) is 18.1. The average molecular weight is 349 g/mol. The molecule has 2 amide bonds. The lowest BCUT2D eigenvalue weighted by Gasteiger charge is -2.25. The highest BCUT2D eigenvalue weighted by Gasteiger charge is 2.38. The van der Waals surface area contributed by atoms with Gasteiger partial charge >= 0.3 is 0 Å². The van der Waals surface area contributed by atoms with E-state index in [1.54, 1.807) is 59.5 Å². The van der Waals surface area contributed by atoms with Gasteiger partial charge in [0, 0.05) is 56.9 Å². The van der Waals surface area contributed by atoms with Crippen LogP contribution in [0.3, 0.4) is 0 Å². The van der Waals surface area contributed by atoms with Crippen LogP contribution in [-0.2, 0) is 4.79 Å². The Morgan fingerprint density at radius 3 is 3.00 bits per heavy atom. The summed E-state index contributed by atoms with van der Waals surface area (Å²) in [5.41, 5.74) is 2.34. The molecular weight excluding hydrogens is 330 g/mol. The molecule has 0 bridgehead atoms. The predicted molar refractivity (Wildman–Crippen MR) is 95.4 cm³/mol. The summed E-state index contributed by atoms with van der Waals surface area (Å²) in [6.07, 6.45) is 9.15. The van der Waals surface area contributed by atoms with E-state index in [1.807, 2.05) is 12.1 Å². The first-order valence-corrected chi connectivity index (χ1v) is 8.50. The van der Waals surface area contributed by atoms with Crippen molar-refractivity contribution in [3.05, 3.63) is 66.4 Å². The van der Waals surface area contributed by atoms with Crippen molar-refractivity contribution in [2.24, 2.45) is 5.92 Å². The fourth-order valence-corrected chi connectivity index (χ4v) is 3.56. The Morgan fingerprint density at radius 1 is 1.31 bits per heavy atom. The van der Waals surface area contributed by atoms with Gasteiger partial charge < -0.3 is 14.6 Å². The summed E-state index contributed by atoms with van der Waals surface area (Å²) < 4.78 is 1.81. The Balaban J connectivity index is 1.48. The third kappa shape index (κ3) is 2.92. The monoisotopic (exact) mass is 349 g/mol. The first kappa shape index (κ1) is 16.3. The molecule has 0 radical (unpaired) electrons. The highest BCUT2D eigenvalue weighted by atomic mass is 16.2. The van der Waals surface area contributed by atoms with Gasteiger partial charge in [-0.15, -0.1) is 0 Å². The maximum atomic E-state index is 12.5. The number of rotatable bonds is 4. The molecule has 0 saturated carbocycles. The minimum Gasteiger partial charge on any atom is -0.352 e. The van der Waals surface area contributed by atoms with Crippen LogP contribution in [0.2, 0.25) is 0 Å². The maximum Gasteiger partial charge on any atom is 0.252 e. The molecule has 4 rings (SSSR count). The van der Waals surface area contributed by atoms with Crippen LogP contribution in [0.5, 0.6) is 0 Å². The topological polar surface area (TPSA) is 79.6 Å². The van der Waals surface area contributed by atoms with Crippen LogP contribution in [0, 0.1) is 5.92 Å². The molecule has 3 aromatic rings. The van der Waals surface area contributed by atoms with Crippen LogP contribution in [-0.4, -0.2) is 44.7 Å². The Morgan fingerprint density at radius 2 is 2.19 bits per heavy atom. The zero-order valence-electron chi connectivity index (χ0n) is 14.4. The van der Waals surface area contributed by atoms with E-state index in [1.165, 1.54) is 0 Å². The van der Waals surface area contributed by atoms with Crippen molar-refractivity contribution < 1.29 is 9.59 Å². The quantitative estimate of drug-likeness (QED) is 0.777. The van der Waals surface area contributed by atoms with Crippen LogP contribution >= 0.6 is 0 Å². The van der Waals surface area contributed by atoms with Crippen molar-refractivity contribution >= 4 is 17.5 Å². The predicted octanol–water partition coefficient (Wildman–Crippen LogP) is 1.68. The van der Waals surface area contributed by atoms with Gasteiger partial charge in [-0.25, -0.2) is 4.98 Å². The van der Waals surface area contributed by atoms with E-state index in [0.717, 1.165) is 11.2 Å². The third-order valence-electron chi connectivity index (χ3n) is 4.90. The Kier molecular flexibility index (Phi) is 4.12. The Hall–Kier alpha value is -3.22. The fourth-order valence-electron chi connectivity index (χ4n) is 3.56. The smallest absolute Gasteiger partial charge is 0.252 e. The molecule has 26 heavy (non-hydrogen) atoms. The summed E-state index contributed by atoms with van der Waals surface area (Å²) in [5, 5.41) is 2.97. The van der Waals surface area contributed by atoms with Crippen molar-refractivity contribution in [3.8, 4) is 0 Å². The molecule has 7 heteroatoms. The molecule has 1 aliphatic rings. The SMILES string of the molecule is CN1C(=O)C[C@@H](CNC(=O)c2ccc3nccn3c2)[C@@H]1c1cccnc1. The standard InChI is InChI=1S/C19H19N5O2/c1-23-17(25)9-15(18(23)13-3-2-6-20-10-13)11-22-19(26)14-4-5-16-21-7-8-24(16)12-14/h2-8,10,12,15,18H,9,11H2,1H3,(H,22,26)/t15-,18-/m0/s1. The van der Waals surface area contributed by atoms with Gasteiger partial charge in [-0.1, -0.05) is 6.07 Å². The maximum absolute atomic E-state index is 12.5.